The van der Waals surface area contributed by atoms with Gasteiger partial charge in [-0.25, -0.2) is 0 Å². The monoisotopic (exact) mass is 273 g/mol. The van der Waals surface area contributed by atoms with Crippen molar-refractivity contribution in [2.75, 3.05) is 13.2 Å². The topological polar surface area (TPSA) is 52.5 Å². The second-order valence-electron chi connectivity index (χ2n) is 5.52. The Morgan fingerprint density at radius 2 is 1.37 bits per heavy atom. The maximum Gasteiger partial charge on any atom is 0.104 e. The molecule has 0 saturated carbocycles. The van der Waals surface area contributed by atoms with Crippen molar-refractivity contribution in [3.63, 3.8) is 0 Å². The van der Waals surface area contributed by atoms with E-state index in [-0.39, 0.29) is 12.8 Å². The van der Waals surface area contributed by atoms with E-state index in [1.54, 1.807) is 0 Å². The van der Waals surface area contributed by atoms with E-state index in [0.29, 0.717) is 0 Å². The van der Waals surface area contributed by atoms with E-state index in [0.717, 1.165) is 32.2 Å². The highest BCUT2D eigenvalue weighted by Gasteiger charge is 2.01. The Kier molecular flexibility index (Phi) is 15.8. The molecule has 3 heteroatoms. The fourth-order valence-electron chi connectivity index (χ4n) is 2.26. The van der Waals surface area contributed by atoms with Crippen LogP contribution in [0.2, 0.25) is 0 Å². The molecule has 3 N–H and O–H groups in total. The van der Waals surface area contributed by atoms with Gasteiger partial charge in [0.25, 0.3) is 0 Å². The molecule has 1 atom stereocenters. The number of aliphatic hydroxyl groups excluding tert-OH is 2. The van der Waals surface area contributed by atoms with Crippen molar-refractivity contribution in [1.82, 2.24) is 5.32 Å². The van der Waals surface area contributed by atoms with E-state index in [1.807, 2.05) is 0 Å². The van der Waals surface area contributed by atoms with Gasteiger partial charge >= 0.3 is 0 Å². The van der Waals surface area contributed by atoms with Crippen LogP contribution in [0.15, 0.2) is 0 Å². The van der Waals surface area contributed by atoms with Gasteiger partial charge in [0.1, 0.15) is 6.23 Å². The number of hydrogen-bond donors (Lipinski definition) is 3. The molecular weight excluding hydrogens is 238 g/mol. The van der Waals surface area contributed by atoms with Crippen LogP contribution in [-0.2, 0) is 0 Å². The van der Waals surface area contributed by atoms with E-state index in [4.69, 9.17) is 5.11 Å². The molecule has 19 heavy (non-hydrogen) atoms. The summed E-state index contributed by atoms with van der Waals surface area (Å²) < 4.78 is 0. The van der Waals surface area contributed by atoms with Gasteiger partial charge in [-0.1, -0.05) is 58.3 Å². The Morgan fingerprint density at radius 3 is 1.95 bits per heavy atom. The van der Waals surface area contributed by atoms with Gasteiger partial charge in [-0.2, -0.15) is 0 Å². The molecule has 1 unspecified atom stereocenters. The van der Waals surface area contributed by atoms with E-state index in [9.17, 15) is 5.11 Å². The summed E-state index contributed by atoms with van der Waals surface area (Å²) in [6.07, 6.45) is 14.1. The molecule has 0 heterocycles. The molecule has 0 fully saturated rings. The van der Waals surface area contributed by atoms with Crippen molar-refractivity contribution in [2.45, 2.75) is 90.2 Å². The standard InChI is InChI=1S/C16H35NO2/c1-2-3-4-5-6-7-8-9-10-13-16(19)17-14-11-12-15-18/h16-19H,2-15H2,1H3. The Bertz CT molecular complexity index is 165. The van der Waals surface area contributed by atoms with Crippen molar-refractivity contribution in [3.8, 4) is 0 Å². The minimum atomic E-state index is -0.358. The Hall–Kier alpha value is -0.120. The van der Waals surface area contributed by atoms with E-state index in [1.165, 1.54) is 51.4 Å². The number of rotatable bonds is 15. The lowest BCUT2D eigenvalue weighted by atomic mass is 10.1. The molecule has 0 aliphatic rings. The van der Waals surface area contributed by atoms with E-state index < -0.39 is 0 Å². The molecule has 0 amide bonds. The van der Waals surface area contributed by atoms with E-state index in [2.05, 4.69) is 12.2 Å². The SMILES string of the molecule is CCCCCCCCCCCC(O)NCCCCO. The molecular formula is C16H35NO2. The lowest BCUT2D eigenvalue weighted by Gasteiger charge is -2.12. The summed E-state index contributed by atoms with van der Waals surface area (Å²) in [5.41, 5.74) is 0. The van der Waals surface area contributed by atoms with Crippen molar-refractivity contribution in [2.24, 2.45) is 0 Å². The Morgan fingerprint density at radius 1 is 0.789 bits per heavy atom. The molecule has 0 aliphatic carbocycles. The Balaban J connectivity index is 3.07. The third-order valence-corrected chi connectivity index (χ3v) is 3.55. The van der Waals surface area contributed by atoms with Gasteiger partial charge in [0.05, 0.1) is 0 Å². The summed E-state index contributed by atoms with van der Waals surface area (Å²) in [5, 5.41) is 21.4. The smallest absolute Gasteiger partial charge is 0.104 e. The fraction of sp³-hybridized carbons (Fsp3) is 1.00. The second-order valence-corrected chi connectivity index (χ2v) is 5.52. The van der Waals surface area contributed by atoms with Crippen LogP contribution in [0.3, 0.4) is 0 Å². The fourth-order valence-corrected chi connectivity index (χ4v) is 2.26. The van der Waals surface area contributed by atoms with Crippen LogP contribution < -0.4 is 5.32 Å². The molecule has 0 radical (unpaired) electrons. The summed E-state index contributed by atoms with van der Waals surface area (Å²) in [6, 6.07) is 0. The van der Waals surface area contributed by atoms with Crippen LogP contribution in [0.1, 0.15) is 84.0 Å². The van der Waals surface area contributed by atoms with Crippen molar-refractivity contribution in [3.05, 3.63) is 0 Å². The summed E-state index contributed by atoms with van der Waals surface area (Å²) in [4.78, 5) is 0. The molecule has 0 aliphatic heterocycles. The largest absolute Gasteiger partial charge is 0.396 e. The van der Waals surface area contributed by atoms with Gasteiger partial charge in [0.15, 0.2) is 0 Å². The van der Waals surface area contributed by atoms with Crippen LogP contribution >= 0.6 is 0 Å². The highest BCUT2D eigenvalue weighted by atomic mass is 16.3. The van der Waals surface area contributed by atoms with Gasteiger partial charge in [-0.05, 0) is 32.2 Å². The third kappa shape index (κ3) is 15.8. The van der Waals surface area contributed by atoms with Gasteiger partial charge in [0, 0.05) is 6.61 Å². The zero-order valence-electron chi connectivity index (χ0n) is 12.9. The molecule has 0 aromatic carbocycles. The molecule has 0 saturated heterocycles. The van der Waals surface area contributed by atoms with Gasteiger partial charge in [-0.3, -0.25) is 5.32 Å². The normalized spacial score (nSPS) is 12.8. The van der Waals surface area contributed by atoms with Crippen LogP contribution in [0.25, 0.3) is 0 Å². The third-order valence-electron chi connectivity index (χ3n) is 3.55. The average molecular weight is 273 g/mol. The predicted octanol–water partition coefficient (Wildman–Crippen LogP) is 3.59. The number of nitrogens with one attached hydrogen (secondary N) is 1. The Labute approximate surface area is 119 Å². The zero-order valence-corrected chi connectivity index (χ0v) is 12.9. The molecule has 0 aromatic heterocycles. The molecule has 116 valence electrons. The zero-order chi connectivity index (χ0) is 14.2. The highest BCUT2D eigenvalue weighted by Crippen LogP contribution is 2.10. The first-order valence-corrected chi connectivity index (χ1v) is 8.33. The molecule has 0 aromatic rings. The van der Waals surface area contributed by atoms with E-state index >= 15 is 0 Å². The average Bonchev–Trinajstić information content (AvgIpc) is 2.42. The van der Waals surface area contributed by atoms with Gasteiger partial charge in [-0.15, -0.1) is 0 Å². The van der Waals surface area contributed by atoms with Crippen LogP contribution in [-0.4, -0.2) is 29.6 Å². The summed E-state index contributed by atoms with van der Waals surface area (Å²) in [6.45, 7) is 3.30. The second kappa shape index (κ2) is 15.9. The summed E-state index contributed by atoms with van der Waals surface area (Å²) >= 11 is 0. The highest BCUT2D eigenvalue weighted by molar-refractivity contribution is 4.55. The first-order chi connectivity index (χ1) is 9.31. The summed E-state index contributed by atoms with van der Waals surface area (Å²) in [7, 11) is 0. The first-order valence-electron chi connectivity index (χ1n) is 8.33. The van der Waals surface area contributed by atoms with Crippen molar-refractivity contribution < 1.29 is 10.2 Å². The maximum absolute atomic E-state index is 9.67. The quantitative estimate of drug-likeness (QED) is 0.316. The van der Waals surface area contributed by atoms with Crippen LogP contribution in [0, 0.1) is 0 Å². The first kappa shape index (κ1) is 18.9. The number of aliphatic hydroxyl groups is 2. The maximum atomic E-state index is 9.67. The van der Waals surface area contributed by atoms with Crippen molar-refractivity contribution in [1.29, 1.82) is 0 Å². The molecule has 3 nitrogen and oxygen atoms in total. The van der Waals surface area contributed by atoms with Crippen LogP contribution in [0.4, 0.5) is 0 Å². The molecule has 0 rings (SSSR count). The lowest BCUT2D eigenvalue weighted by Crippen LogP contribution is -2.29. The van der Waals surface area contributed by atoms with Crippen molar-refractivity contribution >= 4 is 0 Å². The predicted molar refractivity (Wildman–Crippen MR) is 82.2 cm³/mol. The molecule has 0 spiro atoms. The minimum Gasteiger partial charge on any atom is -0.396 e. The number of hydrogen-bond acceptors (Lipinski definition) is 3. The molecule has 0 bridgehead atoms. The summed E-state index contributed by atoms with van der Waals surface area (Å²) in [5.74, 6) is 0. The lowest BCUT2D eigenvalue weighted by molar-refractivity contribution is 0.123. The van der Waals surface area contributed by atoms with Crippen LogP contribution in [0.5, 0.6) is 0 Å². The van der Waals surface area contributed by atoms with Gasteiger partial charge < -0.3 is 10.2 Å². The minimum absolute atomic E-state index is 0.246. The van der Waals surface area contributed by atoms with Gasteiger partial charge in [0.2, 0.25) is 0 Å². The number of unbranched alkanes of at least 4 members (excludes halogenated alkanes) is 9.